The lowest BCUT2D eigenvalue weighted by Gasteiger charge is -2.24. The van der Waals surface area contributed by atoms with E-state index in [4.69, 9.17) is 4.52 Å². The van der Waals surface area contributed by atoms with Gasteiger partial charge < -0.3 is 15.2 Å². The fraction of sp³-hybridized carbons (Fsp3) is 0.273. The van der Waals surface area contributed by atoms with Crippen LogP contribution in [0.3, 0.4) is 0 Å². The van der Waals surface area contributed by atoms with Crippen LogP contribution in [0, 0.1) is 11.6 Å². The Morgan fingerprint density at radius 2 is 1.94 bits per heavy atom. The van der Waals surface area contributed by atoms with Crippen LogP contribution >= 0.6 is 0 Å². The minimum atomic E-state index is -0.519. The third kappa shape index (κ3) is 4.22. The highest BCUT2D eigenvalue weighted by molar-refractivity contribution is 5.63. The molecule has 0 atom stereocenters. The number of anilines is 1. The lowest BCUT2D eigenvalue weighted by Crippen LogP contribution is -2.35. The topological polar surface area (TPSA) is 93.7 Å². The molecule has 1 saturated heterocycles. The first-order valence-electron chi connectivity index (χ1n) is 10.4. The van der Waals surface area contributed by atoms with Gasteiger partial charge in [-0.3, -0.25) is 4.68 Å². The first kappa shape index (κ1) is 20.3. The Hall–Kier alpha value is -3.66. The van der Waals surface area contributed by atoms with E-state index < -0.39 is 5.82 Å². The number of benzene rings is 1. The van der Waals surface area contributed by atoms with Crippen molar-refractivity contribution in [1.82, 2.24) is 30.2 Å². The highest BCUT2D eigenvalue weighted by atomic mass is 19.1. The minimum absolute atomic E-state index is 0.137. The number of rotatable bonds is 6. The maximum Gasteiger partial charge on any atom is 0.183 e. The van der Waals surface area contributed by atoms with Crippen LogP contribution in [0.4, 0.5) is 14.6 Å². The van der Waals surface area contributed by atoms with Crippen molar-refractivity contribution >= 4 is 5.82 Å². The molecule has 4 aromatic rings. The molecule has 1 aliphatic rings. The fourth-order valence-electron chi connectivity index (χ4n) is 3.74. The summed E-state index contributed by atoms with van der Waals surface area (Å²) in [4.78, 5) is 8.52. The molecule has 0 radical (unpaired) electrons. The van der Waals surface area contributed by atoms with E-state index in [-0.39, 0.29) is 30.0 Å². The van der Waals surface area contributed by atoms with Crippen molar-refractivity contribution in [3.05, 3.63) is 66.1 Å². The van der Waals surface area contributed by atoms with Gasteiger partial charge in [0.25, 0.3) is 0 Å². The van der Waals surface area contributed by atoms with E-state index in [1.54, 1.807) is 35.0 Å². The summed E-state index contributed by atoms with van der Waals surface area (Å²) in [6.45, 7) is 1.92. The summed E-state index contributed by atoms with van der Waals surface area (Å²) in [6, 6.07) is 10.1. The molecule has 1 fully saturated rings. The average Bonchev–Trinajstić information content (AvgIpc) is 3.48. The summed E-state index contributed by atoms with van der Waals surface area (Å²) in [5.74, 6) is -0.439. The predicted molar refractivity (Wildman–Crippen MR) is 114 cm³/mol. The first-order valence-corrected chi connectivity index (χ1v) is 10.4. The highest BCUT2D eigenvalue weighted by Gasteiger charge is 2.20. The van der Waals surface area contributed by atoms with Crippen molar-refractivity contribution in [1.29, 1.82) is 0 Å². The number of hydrogen-bond acceptors (Lipinski definition) is 7. The summed E-state index contributed by atoms with van der Waals surface area (Å²) in [7, 11) is 0. The van der Waals surface area contributed by atoms with Crippen LogP contribution in [0.2, 0.25) is 0 Å². The maximum atomic E-state index is 14.4. The number of nitrogens with one attached hydrogen (secondary N) is 2. The van der Waals surface area contributed by atoms with Crippen molar-refractivity contribution in [2.24, 2.45) is 0 Å². The molecule has 0 unspecified atom stereocenters. The molecule has 8 nitrogen and oxygen atoms in total. The zero-order valence-electron chi connectivity index (χ0n) is 17.1. The molecular formula is C22H21F2N7O. The number of hydrogen-bond donors (Lipinski definition) is 2. The molecule has 0 saturated carbocycles. The summed E-state index contributed by atoms with van der Waals surface area (Å²) >= 11 is 0. The molecule has 2 N–H and O–H groups in total. The second kappa shape index (κ2) is 8.83. The van der Waals surface area contributed by atoms with Crippen molar-refractivity contribution in [3.8, 4) is 22.9 Å². The Kier molecular flexibility index (Phi) is 5.59. The van der Waals surface area contributed by atoms with E-state index in [0.29, 0.717) is 22.6 Å². The van der Waals surface area contributed by atoms with Gasteiger partial charge in [-0.05, 0) is 38.1 Å². The molecule has 3 aromatic heterocycles. The normalized spacial score (nSPS) is 14.6. The Morgan fingerprint density at radius 3 is 2.72 bits per heavy atom. The zero-order chi connectivity index (χ0) is 21.9. The van der Waals surface area contributed by atoms with Crippen LogP contribution in [-0.4, -0.2) is 44.0 Å². The summed E-state index contributed by atoms with van der Waals surface area (Å²) in [6.07, 6.45) is 4.35. The Bertz CT molecular complexity index is 1200. The summed E-state index contributed by atoms with van der Waals surface area (Å²) in [5.41, 5.74) is 2.04. The summed E-state index contributed by atoms with van der Waals surface area (Å²) < 4.78 is 35.2. The fourth-order valence-corrected chi connectivity index (χ4v) is 3.74. The van der Waals surface area contributed by atoms with E-state index in [2.05, 4.69) is 30.9 Å². The molecule has 164 valence electrons. The van der Waals surface area contributed by atoms with Gasteiger partial charge >= 0.3 is 0 Å². The van der Waals surface area contributed by atoms with Crippen LogP contribution in [0.5, 0.6) is 0 Å². The largest absolute Gasteiger partial charge is 0.365 e. The number of piperidine rings is 1. The monoisotopic (exact) mass is 437 g/mol. The van der Waals surface area contributed by atoms with Crippen LogP contribution in [0.1, 0.15) is 18.4 Å². The van der Waals surface area contributed by atoms with Gasteiger partial charge in [0.15, 0.2) is 17.5 Å². The second-order valence-electron chi connectivity index (χ2n) is 7.61. The molecule has 0 amide bonds. The van der Waals surface area contributed by atoms with Gasteiger partial charge in [-0.15, -0.1) is 0 Å². The van der Waals surface area contributed by atoms with Crippen molar-refractivity contribution in [3.63, 3.8) is 0 Å². The van der Waals surface area contributed by atoms with Crippen LogP contribution in [0.25, 0.3) is 22.9 Å². The lowest BCUT2D eigenvalue weighted by atomic mass is 10.1. The third-order valence-electron chi connectivity index (χ3n) is 5.41. The number of aromatic nitrogens is 5. The standard InChI is InChI=1S/C22H21F2N7O/c23-16-4-2-1-3-14(16)13-31-20(18-7-10-32-30-18)11-19(29-31)22-26-12-17(24)21(28-22)27-15-5-8-25-9-6-15/h1-4,7,10-12,15,25H,5-6,8-9,13H2,(H,26,27,28). The first-order chi connectivity index (χ1) is 15.7. The highest BCUT2D eigenvalue weighted by Crippen LogP contribution is 2.26. The number of halogens is 2. The average molecular weight is 437 g/mol. The predicted octanol–water partition coefficient (Wildman–Crippen LogP) is 3.49. The molecular weight excluding hydrogens is 416 g/mol. The van der Waals surface area contributed by atoms with Gasteiger partial charge in [-0.1, -0.05) is 23.4 Å². The van der Waals surface area contributed by atoms with Gasteiger partial charge in [0, 0.05) is 17.7 Å². The third-order valence-corrected chi connectivity index (χ3v) is 5.41. The molecule has 32 heavy (non-hydrogen) atoms. The van der Waals surface area contributed by atoms with E-state index in [1.807, 2.05) is 0 Å². The zero-order valence-corrected chi connectivity index (χ0v) is 17.1. The maximum absolute atomic E-state index is 14.4. The molecule has 4 heterocycles. The Balaban J connectivity index is 1.49. The van der Waals surface area contributed by atoms with E-state index in [1.165, 1.54) is 12.3 Å². The van der Waals surface area contributed by atoms with Gasteiger partial charge in [0.05, 0.1) is 18.4 Å². The minimum Gasteiger partial charge on any atom is -0.365 e. The van der Waals surface area contributed by atoms with Crippen molar-refractivity contribution in [2.45, 2.75) is 25.4 Å². The Labute approximate surface area is 182 Å². The van der Waals surface area contributed by atoms with Crippen LogP contribution in [0.15, 0.2) is 53.4 Å². The molecule has 5 rings (SSSR count). The lowest BCUT2D eigenvalue weighted by molar-refractivity contribution is 0.421. The van der Waals surface area contributed by atoms with Gasteiger partial charge in [-0.25, -0.2) is 18.7 Å². The van der Waals surface area contributed by atoms with Crippen LogP contribution in [-0.2, 0) is 6.54 Å². The number of nitrogens with zero attached hydrogens (tertiary/aromatic N) is 5. The molecule has 1 aliphatic heterocycles. The van der Waals surface area contributed by atoms with Crippen molar-refractivity contribution < 1.29 is 13.3 Å². The van der Waals surface area contributed by atoms with Gasteiger partial charge in [0.1, 0.15) is 23.5 Å². The smallest absolute Gasteiger partial charge is 0.183 e. The second-order valence-corrected chi connectivity index (χ2v) is 7.61. The molecule has 0 aliphatic carbocycles. The van der Waals surface area contributed by atoms with Crippen LogP contribution < -0.4 is 10.6 Å². The molecule has 0 bridgehead atoms. The van der Waals surface area contributed by atoms with E-state index in [0.717, 1.165) is 32.1 Å². The molecule has 1 aromatic carbocycles. The van der Waals surface area contributed by atoms with E-state index >= 15 is 0 Å². The Morgan fingerprint density at radius 1 is 1.09 bits per heavy atom. The van der Waals surface area contributed by atoms with Crippen molar-refractivity contribution in [2.75, 3.05) is 18.4 Å². The SMILES string of the molecule is Fc1ccccc1Cn1nc(-c2ncc(F)c(NC3CCNCC3)n2)cc1-c1ccon1. The molecule has 10 heteroatoms. The van der Waals surface area contributed by atoms with E-state index in [9.17, 15) is 8.78 Å². The van der Waals surface area contributed by atoms with Gasteiger partial charge in [-0.2, -0.15) is 5.10 Å². The quantitative estimate of drug-likeness (QED) is 0.477. The van der Waals surface area contributed by atoms with Gasteiger partial charge in [0.2, 0.25) is 0 Å². The summed E-state index contributed by atoms with van der Waals surface area (Å²) in [5, 5.41) is 15.0. The molecule has 0 spiro atoms.